The standard InChI is InChI=1S/C26H32N2O2/c1-29-24-9-8-22(17-25(24)30-23-6-2-3-7-23)26(13-4-5-21(18-26)19-27)14-10-20-11-15-28-16-12-20/h8-9,11-12,15-17,21,23H,2-7,13,18-19,27H2,1H3/t21-,26+/m0/s1. The molecule has 2 aliphatic rings. The molecule has 1 aromatic heterocycles. The maximum absolute atomic E-state index is 6.38. The van der Waals surface area contributed by atoms with E-state index in [-0.39, 0.29) is 11.5 Å². The molecule has 0 aliphatic heterocycles. The number of nitrogens with two attached hydrogens (primary N) is 1. The van der Waals surface area contributed by atoms with E-state index in [9.17, 15) is 0 Å². The second-order valence-electron chi connectivity index (χ2n) is 8.66. The first-order valence-corrected chi connectivity index (χ1v) is 11.2. The van der Waals surface area contributed by atoms with Gasteiger partial charge in [-0.1, -0.05) is 24.3 Å². The first-order valence-electron chi connectivity index (χ1n) is 11.2. The zero-order valence-electron chi connectivity index (χ0n) is 17.9. The fourth-order valence-electron chi connectivity index (χ4n) is 4.92. The number of rotatable bonds is 5. The van der Waals surface area contributed by atoms with Gasteiger partial charge in [-0.25, -0.2) is 0 Å². The van der Waals surface area contributed by atoms with Gasteiger partial charge in [0.05, 0.1) is 18.6 Å². The highest BCUT2D eigenvalue weighted by molar-refractivity contribution is 5.49. The molecule has 4 nitrogen and oxygen atoms in total. The van der Waals surface area contributed by atoms with Crippen molar-refractivity contribution in [2.24, 2.45) is 11.7 Å². The van der Waals surface area contributed by atoms with E-state index in [1.807, 2.05) is 18.2 Å². The highest BCUT2D eigenvalue weighted by atomic mass is 16.5. The molecule has 2 N–H and O–H groups in total. The zero-order chi connectivity index (χ0) is 20.8. The minimum atomic E-state index is -0.217. The van der Waals surface area contributed by atoms with Crippen molar-refractivity contribution >= 4 is 0 Å². The largest absolute Gasteiger partial charge is 0.493 e. The number of ether oxygens (including phenoxy) is 2. The molecule has 0 spiro atoms. The van der Waals surface area contributed by atoms with E-state index >= 15 is 0 Å². The van der Waals surface area contributed by atoms with E-state index in [0.29, 0.717) is 12.5 Å². The van der Waals surface area contributed by atoms with E-state index in [2.05, 4.69) is 29.0 Å². The van der Waals surface area contributed by atoms with Gasteiger partial charge in [0, 0.05) is 18.0 Å². The predicted molar refractivity (Wildman–Crippen MR) is 120 cm³/mol. The second-order valence-corrected chi connectivity index (χ2v) is 8.66. The Morgan fingerprint density at radius 3 is 2.60 bits per heavy atom. The van der Waals surface area contributed by atoms with Crippen molar-refractivity contribution in [2.45, 2.75) is 62.9 Å². The average molecular weight is 405 g/mol. The molecule has 2 aromatic rings. The van der Waals surface area contributed by atoms with Crippen LogP contribution in [-0.2, 0) is 5.41 Å². The Kier molecular flexibility index (Phi) is 6.59. The van der Waals surface area contributed by atoms with Crippen LogP contribution in [0.1, 0.15) is 62.5 Å². The predicted octanol–water partition coefficient (Wildman–Crippen LogP) is 4.85. The van der Waals surface area contributed by atoms with E-state index < -0.39 is 0 Å². The monoisotopic (exact) mass is 404 g/mol. The van der Waals surface area contributed by atoms with Gasteiger partial charge in [-0.3, -0.25) is 4.98 Å². The molecular weight excluding hydrogens is 372 g/mol. The molecule has 1 aromatic carbocycles. The Hall–Kier alpha value is -2.51. The Bertz CT molecular complexity index is 896. The lowest BCUT2D eigenvalue weighted by molar-refractivity contribution is 0.199. The summed E-state index contributed by atoms with van der Waals surface area (Å²) in [7, 11) is 1.71. The van der Waals surface area contributed by atoms with Crippen LogP contribution in [0.4, 0.5) is 0 Å². The third kappa shape index (κ3) is 4.63. The molecule has 2 saturated carbocycles. The van der Waals surface area contributed by atoms with Crippen molar-refractivity contribution in [1.82, 2.24) is 4.98 Å². The number of methoxy groups -OCH3 is 1. The van der Waals surface area contributed by atoms with Gasteiger partial charge in [-0.05, 0) is 87.2 Å². The fourth-order valence-corrected chi connectivity index (χ4v) is 4.92. The van der Waals surface area contributed by atoms with E-state index in [1.54, 1.807) is 19.5 Å². The molecule has 0 amide bonds. The number of hydrogen-bond acceptors (Lipinski definition) is 4. The molecule has 30 heavy (non-hydrogen) atoms. The highest BCUT2D eigenvalue weighted by Gasteiger charge is 2.37. The summed E-state index contributed by atoms with van der Waals surface area (Å²) in [5.41, 5.74) is 8.09. The normalized spacial score (nSPS) is 24.1. The molecule has 0 unspecified atom stereocenters. The molecule has 2 fully saturated rings. The van der Waals surface area contributed by atoms with Crippen molar-refractivity contribution in [3.05, 3.63) is 53.9 Å². The molecule has 0 radical (unpaired) electrons. The molecule has 2 aliphatic carbocycles. The van der Waals surface area contributed by atoms with Crippen LogP contribution >= 0.6 is 0 Å². The molecule has 1 heterocycles. The van der Waals surface area contributed by atoms with Crippen LogP contribution in [0.3, 0.4) is 0 Å². The number of benzene rings is 1. The van der Waals surface area contributed by atoms with Gasteiger partial charge < -0.3 is 15.2 Å². The van der Waals surface area contributed by atoms with Gasteiger partial charge in [0.1, 0.15) is 0 Å². The number of nitrogens with zero attached hydrogens (tertiary/aromatic N) is 1. The minimum Gasteiger partial charge on any atom is -0.493 e. The molecular formula is C26H32N2O2. The summed E-state index contributed by atoms with van der Waals surface area (Å²) in [5, 5.41) is 0. The number of pyridine rings is 1. The van der Waals surface area contributed by atoms with E-state index in [1.165, 1.54) is 24.8 Å². The summed E-state index contributed by atoms with van der Waals surface area (Å²) < 4.78 is 12.0. The minimum absolute atomic E-state index is 0.217. The number of aromatic nitrogens is 1. The Balaban J connectivity index is 1.72. The fraction of sp³-hybridized carbons (Fsp3) is 0.500. The van der Waals surface area contributed by atoms with Gasteiger partial charge in [0.25, 0.3) is 0 Å². The van der Waals surface area contributed by atoms with Gasteiger partial charge >= 0.3 is 0 Å². The van der Waals surface area contributed by atoms with Crippen LogP contribution in [-0.4, -0.2) is 24.7 Å². The van der Waals surface area contributed by atoms with Crippen LogP contribution in [0.5, 0.6) is 11.5 Å². The lowest BCUT2D eigenvalue weighted by atomic mass is 9.66. The first kappa shape index (κ1) is 20.8. The van der Waals surface area contributed by atoms with Crippen LogP contribution in [0.15, 0.2) is 42.7 Å². The van der Waals surface area contributed by atoms with Crippen molar-refractivity contribution in [3.63, 3.8) is 0 Å². The lowest BCUT2D eigenvalue weighted by Crippen LogP contribution is -2.34. The number of hydrogen-bond donors (Lipinski definition) is 1. The second kappa shape index (κ2) is 9.53. The summed E-state index contributed by atoms with van der Waals surface area (Å²) in [6.07, 6.45) is 12.9. The summed E-state index contributed by atoms with van der Waals surface area (Å²) in [4.78, 5) is 4.11. The van der Waals surface area contributed by atoms with Crippen molar-refractivity contribution in [1.29, 1.82) is 0 Å². The third-order valence-corrected chi connectivity index (χ3v) is 6.62. The summed E-state index contributed by atoms with van der Waals surface area (Å²) in [5.74, 6) is 9.22. The third-order valence-electron chi connectivity index (χ3n) is 6.62. The molecule has 2 atom stereocenters. The van der Waals surface area contributed by atoms with Crippen molar-refractivity contribution in [3.8, 4) is 23.3 Å². The average Bonchev–Trinajstić information content (AvgIpc) is 3.31. The Labute approximate surface area is 180 Å². The van der Waals surface area contributed by atoms with E-state index in [4.69, 9.17) is 15.2 Å². The smallest absolute Gasteiger partial charge is 0.161 e. The van der Waals surface area contributed by atoms with Crippen LogP contribution in [0.2, 0.25) is 0 Å². The zero-order valence-corrected chi connectivity index (χ0v) is 17.9. The Morgan fingerprint density at radius 2 is 1.87 bits per heavy atom. The summed E-state index contributed by atoms with van der Waals surface area (Å²) in [6, 6.07) is 10.3. The topological polar surface area (TPSA) is 57.4 Å². The molecule has 4 heteroatoms. The highest BCUT2D eigenvalue weighted by Crippen LogP contribution is 2.44. The van der Waals surface area contributed by atoms with Crippen molar-refractivity contribution < 1.29 is 9.47 Å². The SMILES string of the molecule is COc1ccc([C@@]2(C#Cc3ccncc3)CCC[C@H](CN)C2)cc1OC1CCCC1. The maximum atomic E-state index is 6.38. The summed E-state index contributed by atoms with van der Waals surface area (Å²) in [6.45, 7) is 0.709. The maximum Gasteiger partial charge on any atom is 0.161 e. The van der Waals surface area contributed by atoms with Gasteiger partial charge in [-0.15, -0.1) is 0 Å². The van der Waals surface area contributed by atoms with Crippen LogP contribution in [0, 0.1) is 17.8 Å². The summed E-state index contributed by atoms with van der Waals surface area (Å²) >= 11 is 0. The Morgan fingerprint density at radius 1 is 1.07 bits per heavy atom. The molecule has 4 rings (SSSR count). The van der Waals surface area contributed by atoms with Gasteiger partial charge in [-0.2, -0.15) is 0 Å². The van der Waals surface area contributed by atoms with Crippen molar-refractivity contribution in [2.75, 3.05) is 13.7 Å². The quantitative estimate of drug-likeness (QED) is 0.724. The molecule has 0 saturated heterocycles. The molecule has 158 valence electrons. The van der Waals surface area contributed by atoms with E-state index in [0.717, 1.165) is 49.2 Å². The van der Waals surface area contributed by atoms with Crippen LogP contribution in [0.25, 0.3) is 0 Å². The lowest BCUT2D eigenvalue weighted by Gasteiger charge is -2.38. The molecule has 0 bridgehead atoms. The van der Waals surface area contributed by atoms with Gasteiger partial charge in [0.2, 0.25) is 0 Å². The van der Waals surface area contributed by atoms with Crippen LogP contribution < -0.4 is 15.2 Å². The first-order chi connectivity index (χ1) is 14.7. The van der Waals surface area contributed by atoms with Gasteiger partial charge in [0.15, 0.2) is 11.5 Å².